The van der Waals surface area contributed by atoms with E-state index in [0.29, 0.717) is 18.7 Å². The zero-order valence-electron chi connectivity index (χ0n) is 52.5. The lowest BCUT2D eigenvalue weighted by molar-refractivity contribution is -0.142. The molecule has 2 aromatic carbocycles. The molecule has 0 fully saturated rings. The van der Waals surface area contributed by atoms with Crippen molar-refractivity contribution in [3.63, 3.8) is 0 Å². The van der Waals surface area contributed by atoms with Crippen LogP contribution in [0.4, 0.5) is 19.2 Å². The Labute approximate surface area is 497 Å². The summed E-state index contributed by atoms with van der Waals surface area (Å²) in [6.07, 6.45) is 7.62. The van der Waals surface area contributed by atoms with E-state index < -0.39 is 95.5 Å². The molecule has 0 saturated carbocycles. The number of carbonyl (C=O) groups is 9. The Morgan fingerprint density at radius 1 is 0.643 bits per heavy atom. The summed E-state index contributed by atoms with van der Waals surface area (Å²) in [6.45, 7) is 25.0. The van der Waals surface area contributed by atoms with Gasteiger partial charge in [-0.15, -0.1) is 0 Å². The minimum absolute atomic E-state index is 0.0102. The van der Waals surface area contributed by atoms with Crippen molar-refractivity contribution in [3.8, 4) is 22.6 Å². The highest BCUT2D eigenvalue weighted by molar-refractivity contribution is 5.94. The van der Waals surface area contributed by atoms with E-state index in [4.69, 9.17) is 28.4 Å². The van der Waals surface area contributed by atoms with Crippen LogP contribution in [0.5, 0.6) is 11.5 Å². The van der Waals surface area contributed by atoms with Crippen LogP contribution >= 0.6 is 0 Å². The molecule has 0 saturated heterocycles. The molecule has 0 aliphatic carbocycles. The summed E-state index contributed by atoms with van der Waals surface area (Å²) in [5, 5.41) is 23.0. The standard InChI is InChI=1S/C52H78N6O14.C9H19NO2/c1-12-13-14-15-16-17-18-19-26-58(48(66)71-51(5,6)7)27-24-41(59)54-33-43(61)57(11)44-35-21-23-39(68-28-25-53-47(65)70-50(2,3)4)37(31-35)36-29-34(20-22-40(36)69-49(67)72-52(8,9)10)30-38(46(63)64)56-42(60)32-55-45(44)62;1-5-6-7-10-8(11)12-9(2,3)4/h20-23,29,31,38,44H,12-19,24-28,30,32-33H2,1-11H3,(H,53,65)(H,54,59)(H,55,62)(H,56,60)(H,63,64);5-7H2,1-4H3,(H,10,11). The summed E-state index contributed by atoms with van der Waals surface area (Å²) in [5.41, 5.74) is -1.89. The maximum Gasteiger partial charge on any atom is 0.514 e. The van der Waals surface area contributed by atoms with Gasteiger partial charge in [-0.25, -0.2) is 24.0 Å². The molecule has 0 aromatic heterocycles. The molecule has 2 aromatic rings. The number of benzene rings is 2. The van der Waals surface area contributed by atoms with Crippen molar-refractivity contribution >= 4 is 54.0 Å². The van der Waals surface area contributed by atoms with Gasteiger partial charge in [0.05, 0.1) is 19.6 Å². The van der Waals surface area contributed by atoms with Crippen molar-refractivity contribution in [2.24, 2.45) is 0 Å². The van der Waals surface area contributed by atoms with Gasteiger partial charge in [-0.2, -0.15) is 0 Å². The predicted molar refractivity (Wildman–Crippen MR) is 317 cm³/mol. The van der Waals surface area contributed by atoms with Crippen molar-refractivity contribution in [3.05, 3.63) is 47.5 Å². The third-order valence-electron chi connectivity index (χ3n) is 12.0. The van der Waals surface area contributed by atoms with E-state index in [1.54, 1.807) is 62.3 Å². The van der Waals surface area contributed by atoms with Crippen LogP contribution in [0.1, 0.15) is 185 Å². The SMILES string of the molecule is CCCCCCCCCCN(CCC(=O)NCC(=O)N(C)C1C(=O)NCC(=O)NC(C(=O)O)Cc2ccc(OC(=O)OC(C)(C)C)c(c2)-c2cc1ccc2OCCNC(=O)OC(C)(C)C)C(=O)OC(C)(C)C.CCCCNC(=O)OC(C)(C)C. The number of nitrogens with zero attached hydrogens (tertiary/aromatic N) is 2. The van der Waals surface area contributed by atoms with Gasteiger partial charge in [-0.3, -0.25) is 19.2 Å². The van der Waals surface area contributed by atoms with Gasteiger partial charge in [-0.05, 0) is 131 Å². The lowest BCUT2D eigenvalue weighted by Crippen LogP contribution is -2.49. The predicted octanol–water partition coefficient (Wildman–Crippen LogP) is 9.51. The van der Waals surface area contributed by atoms with Gasteiger partial charge >= 0.3 is 30.4 Å². The second-order valence-corrected chi connectivity index (χ2v) is 24.5. The molecule has 3 rings (SSSR count). The number of carboxylic acids is 1. The first kappa shape index (κ1) is 72.8. The first-order chi connectivity index (χ1) is 39.1. The summed E-state index contributed by atoms with van der Waals surface area (Å²) < 4.78 is 33.3. The minimum Gasteiger partial charge on any atom is -0.491 e. The molecule has 23 nitrogen and oxygen atoms in total. The maximum atomic E-state index is 14.2. The van der Waals surface area contributed by atoms with Gasteiger partial charge in [0.25, 0.3) is 0 Å². The fourth-order valence-electron chi connectivity index (χ4n) is 8.05. The fraction of sp³-hybridized carbons (Fsp3) is 0.656. The van der Waals surface area contributed by atoms with Crippen LogP contribution < -0.4 is 36.1 Å². The molecule has 1 aliphatic heterocycles. The van der Waals surface area contributed by atoms with E-state index in [1.807, 2.05) is 20.8 Å². The number of aliphatic carboxylic acids is 1. The van der Waals surface area contributed by atoms with Crippen LogP contribution in [0.3, 0.4) is 0 Å². The molecule has 6 N–H and O–H groups in total. The van der Waals surface area contributed by atoms with Crippen LogP contribution in [0.15, 0.2) is 36.4 Å². The number of carbonyl (C=O) groups excluding carboxylic acids is 8. The number of carboxylic acid groups (broad SMARTS) is 1. The monoisotopic (exact) mass is 1180 g/mol. The van der Waals surface area contributed by atoms with Gasteiger partial charge in [0.2, 0.25) is 23.6 Å². The highest BCUT2D eigenvalue weighted by Gasteiger charge is 2.33. The van der Waals surface area contributed by atoms with E-state index >= 15 is 0 Å². The fourth-order valence-corrected chi connectivity index (χ4v) is 8.05. The highest BCUT2D eigenvalue weighted by Crippen LogP contribution is 2.40. The van der Waals surface area contributed by atoms with E-state index in [-0.39, 0.29) is 66.8 Å². The normalized spacial score (nSPS) is 14.5. The van der Waals surface area contributed by atoms with Crippen LogP contribution in [-0.4, -0.2) is 150 Å². The Kier molecular flexibility index (Phi) is 30.4. The molecule has 4 bridgehead atoms. The zero-order valence-corrected chi connectivity index (χ0v) is 52.5. The molecule has 1 aliphatic rings. The summed E-state index contributed by atoms with van der Waals surface area (Å²) in [4.78, 5) is 119. The topological polar surface area (TPSA) is 296 Å². The average Bonchev–Trinajstić information content (AvgIpc) is 3.22. The number of rotatable bonds is 24. The summed E-state index contributed by atoms with van der Waals surface area (Å²) in [5.74, 6) is -4.18. The number of unbranched alkanes of at least 4 members (excludes halogenated alkanes) is 8. The second-order valence-electron chi connectivity index (χ2n) is 24.5. The molecular formula is C61H97N7O16. The first-order valence-corrected chi connectivity index (χ1v) is 29.2. The summed E-state index contributed by atoms with van der Waals surface area (Å²) in [7, 11) is 1.33. The van der Waals surface area contributed by atoms with E-state index in [1.165, 1.54) is 67.6 Å². The molecule has 2 unspecified atom stereocenters. The van der Waals surface area contributed by atoms with Gasteiger partial charge in [0.15, 0.2) is 0 Å². The second kappa shape index (κ2) is 35.1. The Hall–Kier alpha value is -7.33. The number of alkyl carbamates (subject to hydrolysis) is 2. The van der Waals surface area contributed by atoms with Crippen molar-refractivity contribution in [2.75, 3.05) is 52.9 Å². The van der Waals surface area contributed by atoms with Crippen molar-refractivity contribution in [2.45, 2.75) is 208 Å². The Morgan fingerprint density at radius 2 is 1.19 bits per heavy atom. The molecular weight excluding hydrogens is 1090 g/mol. The molecule has 472 valence electrons. The molecule has 0 radical (unpaired) electrons. The number of hydrogen-bond acceptors (Lipinski definition) is 15. The first-order valence-electron chi connectivity index (χ1n) is 29.2. The molecule has 23 heteroatoms. The van der Waals surface area contributed by atoms with Crippen molar-refractivity contribution < 1.29 is 76.7 Å². The Morgan fingerprint density at radius 3 is 1.76 bits per heavy atom. The quantitative estimate of drug-likeness (QED) is 0.0247. The lowest BCUT2D eigenvalue weighted by atomic mass is 9.94. The van der Waals surface area contributed by atoms with Gasteiger partial charge < -0.3 is 69.9 Å². The third kappa shape index (κ3) is 30.3. The van der Waals surface area contributed by atoms with Crippen molar-refractivity contribution in [1.29, 1.82) is 0 Å². The largest absolute Gasteiger partial charge is 0.514 e. The Bertz CT molecular complexity index is 2490. The summed E-state index contributed by atoms with van der Waals surface area (Å²) >= 11 is 0. The minimum atomic E-state index is -1.48. The molecule has 7 amide bonds. The smallest absolute Gasteiger partial charge is 0.491 e. The van der Waals surface area contributed by atoms with Gasteiger partial charge in [0, 0.05) is 50.7 Å². The van der Waals surface area contributed by atoms with E-state index in [9.17, 15) is 48.3 Å². The van der Waals surface area contributed by atoms with Crippen molar-refractivity contribution in [1.82, 2.24) is 36.4 Å². The van der Waals surface area contributed by atoms with E-state index in [2.05, 4.69) is 40.4 Å². The zero-order chi connectivity index (χ0) is 63.4. The average molecular weight is 1180 g/mol. The number of hydrogen-bond donors (Lipinski definition) is 6. The highest BCUT2D eigenvalue weighted by atomic mass is 16.7. The lowest BCUT2D eigenvalue weighted by Gasteiger charge is -2.29. The Balaban J connectivity index is 0.00000179. The molecule has 1 heterocycles. The van der Waals surface area contributed by atoms with Crippen LogP contribution in [0.25, 0.3) is 11.1 Å². The third-order valence-corrected chi connectivity index (χ3v) is 12.0. The summed E-state index contributed by atoms with van der Waals surface area (Å²) in [6, 6.07) is 6.07. The van der Waals surface area contributed by atoms with Crippen LogP contribution in [0, 0.1) is 0 Å². The molecule has 0 spiro atoms. The number of fused-ring (bicyclic) bond motifs is 5. The molecule has 2 atom stereocenters. The number of nitrogens with one attached hydrogen (secondary N) is 5. The van der Waals surface area contributed by atoms with Gasteiger partial charge in [0.1, 0.15) is 52.6 Å². The van der Waals surface area contributed by atoms with Gasteiger partial charge in [-0.1, -0.05) is 77.3 Å². The van der Waals surface area contributed by atoms with E-state index in [0.717, 1.165) is 49.8 Å². The molecule has 84 heavy (non-hydrogen) atoms. The number of likely N-dealkylation sites (N-methyl/N-ethyl adjacent to an activating group) is 1. The number of ether oxygens (including phenoxy) is 6. The van der Waals surface area contributed by atoms with Crippen LogP contribution in [-0.2, 0) is 49.3 Å². The maximum absolute atomic E-state index is 14.2. The number of amides is 7. The van der Waals surface area contributed by atoms with Crippen LogP contribution in [0.2, 0.25) is 0 Å².